The monoisotopic (exact) mass is 1060 g/mol. The minimum atomic E-state index is -0.132. The van der Waals surface area contributed by atoms with Crippen LogP contribution in [0.5, 0.6) is 0 Å². The number of ether oxygens (including phenoxy) is 3. The highest BCUT2D eigenvalue weighted by Gasteiger charge is 2.87. The van der Waals surface area contributed by atoms with Crippen molar-refractivity contribution in [3.8, 4) is 0 Å². The maximum atomic E-state index is 7.34. The minimum Gasteiger partial charge on any atom is -1.00 e. The highest BCUT2D eigenvalue weighted by molar-refractivity contribution is 6.75. The lowest BCUT2D eigenvalue weighted by molar-refractivity contribution is -0.907. The van der Waals surface area contributed by atoms with E-state index in [1.54, 1.807) is 212 Å². The molecule has 19 aromatic rings. The molecule has 33 rings (SSSR count). The molecule has 9 unspecified atom stereocenters. The minimum absolute atomic E-state index is 0. The number of nitrogens with zero attached hydrogens (tertiary/aromatic N) is 1. The van der Waals surface area contributed by atoms with Gasteiger partial charge in [-0.3, -0.25) is 0 Å². The third-order valence-corrected chi connectivity index (χ3v) is 28.2. The second-order valence-electron chi connectivity index (χ2n) is 28.7. The van der Waals surface area contributed by atoms with Crippen molar-refractivity contribution in [2.24, 2.45) is 5.41 Å². The summed E-state index contributed by atoms with van der Waals surface area (Å²) >= 11 is 0. The zero-order chi connectivity index (χ0) is 44.9. The number of benzene rings is 13. The quantitative estimate of drug-likeness (QED) is 0.0657. The van der Waals surface area contributed by atoms with E-state index >= 15 is 0 Å². The molecule has 4 nitrogen and oxygen atoms in total. The van der Waals surface area contributed by atoms with Crippen LogP contribution >= 0.6 is 0 Å². The molecule has 338 valence electrons. The van der Waals surface area contributed by atoms with E-state index in [-0.39, 0.29) is 34.8 Å². The van der Waals surface area contributed by atoms with E-state index in [1.807, 2.05) is 77.9 Å². The van der Waals surface area contributed by atoms with Crippen LogP contribution in [0.15, 0.2) is 11.1 Å². The second-order valence-corrected chi connectivity index (χ2v) is 28.7. The van der Waals surface area contributed by atoms with Crippen LogP contribution in [0.25, 0.3) is 205 Å². The number of methoxy groups -OCH3 is 1. The molecule has 75 heavy (non-hydrogen) atoms. The lowest BCUT2D eigenvalue weighted by Gasteiger charge is -2.57. The Hall–Kier alpha value is -6.19. The van der Waals surface area contributed by atoms with Gasteiger partial charge in [0, 0.05) is 42.6 Å². The first kappa shape index (κ1) is 32.4. The Morgan fingerprint density at radius 1 is 0.400 bits per heavy atom. The van der Waals surface area contributed by atoms with Crippen molar-refractivity contribution in [3.63, 3.8) is 0 Å². The van der Waals surface area contributed by atoms with Crippen LogP contribution in [0.2, 0.25) is 0 Å². The van der Waals surface area contributed by atoms with Crippen molar-refractivity contribution in [1.82, 2.24) is 0 Å². The predicted octanol–water partition coefficient (Wildman–Crippen LogP) is 11.6. The molecular weight excluding hydrogens is 1030 g/mol. The normalized spacial score (nSPS) is 31.6. The van der Waals surface area contributed by atoms with Crippen molar-refractivity contribution in [3.05, 3.63) is 77.9 Å². The summed E-state index contributed by atoms with van der Waals surface area (Å²) in [5.41, 5.74) is 29.3. The first-order chi connectivity index (χ1) is 36.6. The van der Waals surface area contributed by atoms with Gasteiger partial charge in [0.2, 0.25) is 0 Å². The van der Waals surface area contributed by atoms with E-state index in [9.17, 15) is 0 Å². The van der Waals surface area contributed by atoms with Gasteiger partial charge in [0.15, 0.2) is 0 Å². The first-order valence-electron chi connectivity index (χ1n) is 28.6. The Morgan fingerprint density at radius 2 is 0.787 bits per heavy atom. The van der Waals surface area contributed by atoms with Gasteiger partial charge < -0.3 is 42.7 Å². The van der Waals surface area contributed by atoms with Crippen molar-refractivity contribution in [1.29, 1.82) is 0 Å². The van der Waals surface area contributed by atoms with Gasteiger partial charge in [0.25, 0.3) is 0 Å². The molecule has 0 aromatic heterocycles. The van der Waals surface area contributed by atoms with Crippen LogP contribution in [0.3, 0.4) is 0 Å². The largest absolute Gasteiger partial charge is 1.00 e. The van der Waals surface area contributed by atoms with E-state index in [2.05, 4.69) is 14.1 Å². The average molecular weight is 1060 g/mol. The molecule has 0 N–H and O–H groups in total. The molecule has 13 aliphatic carbocycles. The molecule has 9 atom stereocenters. The maximum absolute atomic E-state index is 7.34. The molecule has 1 fully saturated rings. The number of quaternary nitrogens is 1. The summed E-state index contributed by atoms with van der Waals surface area (Å²) < 4.78 is 20.0. The molecule has 5 heteroatoms. The Bertz CT molecular complexity index is 6640. The predicted molar refractivity (Wildman–Crippen MR) is 295 cm³/mol. The Labute approximate surface area is 435 Å². The summed E-state index contributed by atoms with van der Waals surface area (Å²) in [6.45, 7) is 4.44. The fourth-order valence-electron chi connectivity index (χ4n) is 28.5. The molecule has 1 aliphatic heterocycles. The van der Waals surface area contributed by atoms with Gasteiger partial charge in [-0.2, -0.15) is 0 Å². The van der Waals surface area contributed by atoms with Gasteiger partial charge >= 0.3 is 0 Å². The highest BCUT2D eigenvalue weighted by atomic mass is 127. The molecule has 2 spiro atoms. The number of hydrogen-bond donors (Lipinski definition) is 0. The molecule has 14 aliphatic rings. The van der Waals surface area contributed by atoms with Gasteiger partial charge in [-0.15, -0.1) is 0 Å². The van der Waals surface area contributed by atoms with Gasteiger partial charge in [0.05, 0.1) is 64.5 Å². The van der Waals surface area contributed by atoms with Gasteiger partial charge in [-0.1, -0.05) is 0 Å². The standard InChI is InChI=1S/C70H28NO3.HI/c1-71(2)9-69-65-57-49-39-29-21-13-11-12-15-19-17(13)25-33-27(19)37-31-23(15)24-16(12)20-18-14(11)22(21)30-36-26(18)34-28(20)38-32(24)42-41(31)53-47(37)55-45(33)51(43(49)35(25)29)59(65)61(55)67-63(53)64-54(42)48(38)56-46(34)52-44(36)50(40(30)39)58(57)66(69)60(52)62(56)68(64)70(67,69)10(71)8-74-7-6-73-5-4-72-3;/h10,47,49,55,57,62,68H,4-9H2,1-3H3;1H/q+1;/p-1. The fraction of sp³-hybridized carbons (Fsp3) is 0.257. The zero-order valence-corrected chi connectivity index (χ0v) is 42.5. The maximum Gasteiger partial charge on any atom is 0.124 e. The summed E-state index contributed by atoms with van der Waals surface area (Å²) in [4.78, 5) is 0. The van der Waals surface area contributed by atoms with Crippen molar-refractivity contribution >= 4 is 205 Å². The van der Waals surface area contributed by atoms with Crippen LogP contribution in [-0.2, 0) is 19.6 Å². The summed E-state index contributed by atoms with van der Waals surface area (Å²) in [6.07, 6.45) is 0. The molecule has 0 saturated carbocycles. The number of likely N-dealkylation sites (N-methyl/N-ethyl adjacent to an activating group) is 1. The van der Waals surface area contributed by atoms with Crippen LogP contribution in [0.4, 0.5) is 0 Å². The molecular formula is C70H28INO3. The summed E-state index contributed by atoms with van der Waals surface area (Å²) in [7, 11) is 7.17. The third-order valence-electron chi connectivity index (χ3n) is 28.2. The highest BCUT2D eigenvalue weighted by Crippen LogP contribution is 2.95. The van der Waals surface area contributed by atoms with Crippen molar-refractivity contribution < 1.29 is 42.7 Å². The number of halogens is 1. The molecule has 0 amide bonds. The molecule has 0 radical (unpaired) electrons. The van der Waals surface area contributed by atoms with Crippen LogP contribution in [-0.4, -0.2) is 71.3 Å². The van der Waals surface area contributed by atoms with Gasteiger partial charge in [-0.25, -0.2) is 0 Å². The number of hydrogen-bond acceptors (Lipinski definition) is 3. The fourth-order valence-corrected chi connectivity index (χ4v) is 28.5. The second kappa shape index (κ2) is 7.74. The number of likely N-dealkylation sites (tertiary alicyclic amines) is 1. The molecule has 19 aromatic carbocycles. The van der Waals surface area contributed by atoms with Crippen LogP contribution in [0.1, 0.15) is 102 Å². The topological polar surface area (TPSA) is 27.7 Å². The van der Waals surface area contributed by atoms with E-state index in [4.69, 9.17) is 14.2 Å². The van der Waals surface area contributed by atoms with Crippen molar-refractivity contribution in [2.45, 2.75) is 47.0 Å². The Balaban J connectivity index is 0.00000345. The number of rotatable bonds is 8. The first-order valence-corrected chi connectivity index (χ1v) is 28.6. The molecule has 1 saturated heterocycles. The van der Waals surface area contributed by atoms with E-state index < -0.39 is 0 Å². The van der Waals surface area contributed by atoms with Crippen LogP contribution < -0.4 is 24.0 Å². The molecule has 1 heterocycles. The van der Waals surface area contributed by atoms with E-state index in [0.717, 1.165) is 11.1 Å². The van der Waals surface area contributed by atoms with E-state index in [1.165, 1.54) is 6.54 Å². The lowest BCUT2D eigenvalue weighted by atomic mass is 9.41. The summed E-state index contributed by atoms with van der Waals surface area (Å²) in [5.74, 6) is 2.33. The number of allylic oxidation sites excluding steroid dienone is 2. The Kier molecular flexibility index (Phi) is 3.34. The summed E-state index contributed by atoms with van der Waals surface area (Å²) in [5, 5.41) is 62.0. The SMILES string of the molecule is COCCOCCOCC1C23C4=C5C6=C7C8c9c(c%10c%11c%12c%13c%14c%15c(c4c4c%16c%17c%18c%19c%20c(c6c6c%21c%22c(c%23c9c%11c9c%23c%11c%22c%22c(c%20%21)c%19c%19c%17c%17c(c%15%16)c%14c%14c%12c9c9c%11c%22c%19c%17c%149)C68)C5C4%18)C2C%10%13)C73C[N+]1(C)C.[I-]. The molecule has 0 bridgehead atoms. The summed E-state index contributed by atoms with van der Waals surface area (Å²) in [6, 6.07) is 0.295. The van der Waals surface area contributed by atoms with Crippen LogP contribution in [0, 0.1) is 5.41 Å². The van der Waals surface area contributed by atoms with Crippen molar-refractivity contribution in [2.75, 3.05) is 60.8 Å². The lowest BCUT2D eigenvalue weighted by Crippen LogP contribution is -3.00. The average Bonchev–Trinajstić information content (AvgIpc) is 3.63. The third kappa shape index (κ3) is 1.89. The van der Waals surface area contributed by atoms with Gasteiger partial charge in [0.1, 0.15) is 6.04 Å². The van der Waals surface area contributed by atoms with Gasteiger partial charge in [-0.05, 0) is 283 Å². The Morgan fingerprint density at radius 3 is 1.32 bits per heavy atom. The van der Waals surface area contributed by atoms with E-state index in [0.29, 0.717) is 68.0 Å². The zero-order valence-electron chi connectivity index (χ0n) is 40.3. The smallest absolute Gasteiger partial charge is 0.124 e.